The van der Waals surface area contributed by atoms with Gasteiger partial charge in [-0.3, -0.25) is 4.79 Å². The minimum absolute atomic E-state index is 0.0435. The quantitative estimate of drug-likeness (QED) is 0.322. The van der Waals surface area contributed by atoms with Gasteiger partial charge in [-0.2, -0.15) is 21.6 Å². The Kier molecular flexibility index (Phi) is 8.11. The number of carbonyl (C=O) groups is 1. The molecule has 0 N–H and O–H groups in total. The second-order valence-electron chi connectivity index (χ2n) is 8.47. The van der Waals surface area contributed by atoms with Crippen molar-refractivity contribution in [2.75, 3.05) is 13.2 Å². The lowest BCUT2D eigenvalue weighted by Crippen LogP contribution is -2.37. The summed E-state index contributed by atoms with van der Waals surface area (Å²) in [5, 5.41) is 0.265. The molecule has 1 atom stereocenters. The third kappa shape index (κ3) is 6.63. The zero-order valence-corrected chi connectivity index (χ0v) is 21.0. The average Bonchev–Trinajstić information content (AvgIpc) is 3.37. The Labute approximate surface area is 217 Å². The molecule has 0 bridgehead atoms. The molecular formula is C26H23ClF3NO5S. The molecule has 3 aromatic carbocycles. The van der Waals surface area contributed by atoms with Gasteiger partial charge in [-0.05, 0) is 49.2 Å². The molecule has 0 saturated carbocycles. The van der Waals surface area contributed by atoms with Gasteiger partial charge in [0.05, 0.1) is 22.3 Å². The molecule has 0 radical (unpaired) electrons. The average molecular weight is 554 g/mol. The maximum absolute atomic E-state index is 13.4. The number of alkyl halides is 3. The zero-order chi connectivity index (χ0) is 26.6. The van der Waals surface area contributed by atoms with E-state index in [0.717, 1.165) is 31.0 Å². The summed E-state index contributed by atoms with van der Waals surface area (Å²) in [6.07, 6.45) is -3.30. The molecule has 1 aliphatic heterocycles. The van der Waals surface area contributed by atoms with Crippen LogP contribution in [0, 0.1) is 0 Å². The highest BCUT2D eigenvalue weighted by Crippen LogP contribution is 2.32. The highest BCUT2D eigenvalue weighted by Gasteiger charge is 2.32. The van der Waals surface area contributed by atoms with Crippen molar-refractivity contribution < 1.29 is 35.3 Å². The first-order chi connectivity index (χ1) is 17.5. The first-order valence-electron chi connectivity index (χ1n) is 11.4. The number of benzene rings is 3. The highest BCUT2D eigenvalue weighted by molar-refractivity contribution is 7.87. The fourth-order valence-electron chi connectivity index (χ4n) is 3.97. The molecule has 37 heavy (non-hydrogen) atoms. The second kappa shape index (κ2) is 11.1. The van der Waals surface area contributed by atoms with Crippen LogP contribution in [0.25, 0.3) is 0 Å². The molecule has 11 heteroatoms. The molecule has 196 valence electrons. The van der Waals surface area contributed by atoms with Crippen molar-refractivity contribution in [1.82, 2.24) is 4.90 Å². The van der Waals surface area contributed by atoms with Crippen molar-refractivity contribution in [3.05, 3.63) is 94.5 Å². The van der Waals surface area contributed by atoms with Crippen molar-refractivity contribution in [1.29, 1.82) is 0 Å². The number of nitrogens with zero attached hydrogens (tertiary/aromatic N) is 1. The lowest BCUT2D eigenvalue weighted by Gasteiger charge is -2.27. The number of carbonyl (C=O) groups excluding carboxylic acids is 1. The summed E-state index contributed by atoms with van der Waals surface area (Å²) in [4.78, 5) is 14.3. The van der Waals surface area contributed by atoms with Crippen molar-refractivity contribution in [2.45, 2.75) is 36.6 Å². The third-order valence-corrected chi connectivity index (χ3v) is 7.38. The Hall–Kier alpha value is -3.08. The van der Waals surface area contributed by atoms with Gasteiger partial charge in [0.1, 0.15) is 10.6 Å². The monoisotopic (exact) mass is 553 g/mol. The number of amides is 1. The van der Waals surface area contributed by atoms with E-state index < -0.39 is 26.8 Å². The number of hydrogen-bond donors (Lipinski definition) is 0. The van der Waals surface area contributed by atoms with E-state index >= 15 is 0 Å². The summed E-state index contributed by atoms with van der Waals surface area (Å²) in [6, 6.07) is 16.0. The van der Waals surface area contributed by atoms with E-state index in [-0.39, 0.29) is 41.4 Å². The molecule has 1 saturated heterocycles. The van der Waals surface area contributed by atoms with Crippen molar-refractivity contribution in [3.8, 4) is 5.75 Å². The molecular weight excluding hydrogens is 531 g/mol. The van der Waals surface area contributed by atoms with Gasteiger partial charge in [0.15, 0.2) is 0 Å². The zero-order valence-electron chi connectivity index (χ0n) is 19.4. The molecule has 0 unspecified atom stereocenters. The SMILES string of the molecule is O=C(c1ccccc1Cl)N(Cc1ccccc1OS(=O)(=O)c1cccc(C(F)(F)F)c1)C[C@H]1CCCO1. The summed E-state index contributed by atoms with van der Waals surface area (Å²) >= 11 is 6.25. The van der Waals surface area contributed by atoms with Crippen molar-refractivity contribution >= 4 is 27.6 Å². The lowest BCUT2D eigenvalue weighted by atomic mass is 10.1. The van der Waals surface area contributed by atoms with Crippen LogP contribution in [0.15, 0.2) is 77.7 Å². The number of hydrogen-bond acceptors (Lipinski definition) is 5. The summed E-state index contributed by atoms with van der Waals surface area (Å²) in [5.74, 6) is -0.485. The van der Waals surface area contributed by atoms with Crippen LogP contribution in [0.3, 0.4) is 0 Å². The van der Waals surface area contributed by atoms with E-state index in [0.29, 0.717) is 18.2 Å². The van der Waals surface area contributed by atoms with Gasteiger partial charge in [0, 0.05) is 25.3 Å². The van der Waals surface area contributed by atoms with Crippen LogP contribution < -0.4 is 4.18 Å². The first-order valence-corrected chi connectivity index (χ1v) is 13.2. The Morgan fingerprint density at radius 3 is 2.49 bits per heavy atom. The van der Waals surface area contributed by atoms with Gasteiger partial charge in [0.2, 0.25) is 0 Å². The largest absolute Gasteiger partial charge is 0.416 e. The predicted molar refractivity (Wildman–Crippen MR) is 131 cm³/mol. The topological polar surface area (TPSA) is 72.9 Å². The van der Waals surface area contributed by atoms with Crippen molar-refractivity contribution in [3.63, 3.8) is 0 Å². The maximum Gasteiger partial charge on any atom is 0.416 e. The van der Waals surface area contributed by atoms with Crippen LogP contribution >= 0.6 is 11.6 Å². The van der Waals surface area contributed by atoms with E-state index in [1.165, 1.54) is 17.0 Å². The van der Waals surface area contributed by atoms with Crippen LogP contribution in [0.2, 0.25) is 5.02 Å². The maximum atomic E-state index is 13.4. The fourth-order valence-corrected chi connectivity index (χ4v) is 5.20. The van der Waals surface area contributed by atoms with Crippen LogP contribution in [0.4, 0.5) is 13.2 Å². The number of para-hydroxylation sites is 1. The second-order valence-corrected chi connectivity index (χ2v) is 10.4. The van der Waals surface area contributed by atoms with Crippen LogP contribution in [0.1, 0.15) is 34.3 Å². The normalized spacial score (nSPS) is 15.9. The number of halogens is 4. The summed E-state index contributed by atoms with van der Waals surface area (Å²) in [5.41, 5.74) is -0.493. The van der Waals surface area contributed by atoms with Gasteiger partial charge < -0.3 is 13.8 Å². The third-order valence-electron chi connectivity index (χ3n) is 5.82. The van der Waals surface area contributed by atoms with Crippen LogP contribution in [-0.4, -0.2) is 38.5 Å². The molecule has 3 aromatic rings. The molecule has 6 nitrogen and oxygen atoms in total. The number of ether oxygens (including phenoxy) is 1. The van der Waals surface area contributed by atoms with Crippen molar-refractivity contribution in [2.24, 2.45) is 0 Å². The summed E-state index contributed by atoms with van der Waals surface area (Å²) < 4.78 is 76.1. The Morgan fingerprint density at radius 1 is 1.05 bits per heavy atom. The van der Waals surface area contributed by atoms with Crippen LogP contribution in [0.5, 0.6) is 5.75 Å². The van der Waals surface area contributed by atoms with Crippen LogP contribution in [-0.2, 0) is 27.6 Å². The lowest BCUT2D eigenvalue weighted by molar-refractivity contribution is -0.137. The van der Waals surface area contributed by atoms with Gasteiger partial charge >= 0.3 is 16.3 Å². The van der Waals surface area contributed by atoms with E-state index in [1.807, 2.05) is 0 Å². The molecule has 1 heterocycles. The smallest absolute Gasteiger partial charge is 0.379 e. The fraction of sp³-hybridized carbons (Fsp3) is 0.269. The predicted octanol–water partition coefficient (Wildman–Crippen LogP) is 5.95. The Morgan fingerprint density at radius 2 is 1.78 bits per heavy atom. The Bertz CT molecular complexity index is 1370. The molecule has 0 aromatic heterocycles. The molecule has 4 rings (SSSR count). The van der Waals surface area contributed by atoms with E-state index in [1.54, 1.807) is 36.4 Å². The molecule has 1 amide bonds. The minimum Gasteiger partial charge on any atom is -0.379 e. The molecule has 0 aliphatic carbocycles. The minimum atomic E-state index is -4.72. The van der Waals surface area contributed by atoms with E-state index in [4.69, 9.17) is 20.5 Å². The van der Waals surface area contributed by atoms with E-state index in [2.05, 4.69) is 0 Å². The first kappa shape index (κ1) is 27.0. The van der Waals surface area contributed by atoms with E-state index in [9.17, 15) is 26.4 Å². The molecule has 1 fully saturated rings. The van der Waals surface area contributed by atoms with Gasteiger partial charge in [-0.1, -0.05) is 48.0 Å². The molecule has 0 spiro atoms. The standard InChI is InChI=1S/C26H23ClF3NO5S/c27-23-12-3-2-11-22(23)25(32)31(17-20-9-6-14-35-20)16-18-7-1-4-13-24(18)36-37(33,34)21-10-5-8-19(15-21)26(28,29)30/h1-5,7-8,10-13,15,20H,6,9,14,16-17H2/t20-/m1/s1. The van der Waals surface area contributed by atoms with Gasteiger partial charge in [-0.25, -0.2) is 0 Å². The summed E-state index contributed by atoms with van der Waals surface area (Å²) in [7, 11) is -4.61. The van der Waals surface area contributed by atoms with Gasteiger partial charge in [-0.15, -0.1) is 0 Å². The summed E-state index contributed by atoms with van der Waals surface area (Å²) in [6.45, 7) is 0.769. The molecule has 1 aliphatic rings. The number of rotatable bonds is 8. The Balaban J connectivity index is 1.63. The van der Waals surface area contributed by atoms with Gasteiger partial charge in [0.25, 0.3) is 5.91 Å². The highest BCUT2D eigenvalue weighted by atomic mass is 35.5.